The second-order valence-electron chi connectivity index (χ2n) is 7.13. The Morgan fingerprint density at radius 3 is 2.46 bits per heavy atom. The molecule has 26 heavy (non-hydrogen) atoms. The average Bonchev–Trinajstić information content (AvgIpc) is 3.50. The van der Waals surface area contributed by atoms with Crippen molar-refractivity contribution in [3.05, 3.63) is 29.8 Å². The number of nitrogens with one attached hydrogen (secondary N) is 1. The number of hydrogen-bond donors (Lipinski definition) is 1. The summed E-state index contributed by atoms with van der Waals surface area (Å²) in [6, 6.07) is 7.80. The lowest BCUT2D eigenvalue weighted by Gasteiger charge is -2.35. The molecule has 6 nitrogen and oxygen atoms in total. The van der Waals surface area contributed by atoms with E-state index in [1.54, 1.807) is 7.11 Å². The second kappa shape index (κ2) is 8.08. The van der Waals surface area contributed by atoms with E-state index in [2.05, 4.69) is 17.1 Å². The molecular formula is C20H29N3O3. The number of methoxy groups -OCH3 is 1. The van der Waals surface area contributed by atoms with Gasteiger partial charge in [0.15, 0.2) is 0 Å². The number of hydrogen-bond acceptors (Lipinski definition) is 4. The third-order valence-corrected chi connectivity index (χ3v) is 5.57. The Balaban J connectivity index is 1.52. The van der Waals surface area contributed by atoms with Crippen LogP contribution in [0.3, 0.4) is 0 Å². The average molecular weight is 359 g/mol. The van der Waals surface area contributed by atoms with Gasteiger partial charge in [-0.2, -0.15) is 0 Å². The Bertz CT molecular complexity index is 649. The first-order chi connectivity index (χ1) is 12.6. The van der Waals surface area contributed by atoms with Crippen molar-refractivity contribution in [3.8, 4) is 5.75 Å². The van der Waals surface area contributed by atoms with Crippen molar-refractivity contribution >= 4 is 11.8 Å². The molecule has 0 bridgehead atoms. The van der Waals surface area contributed by atoms with Crippen LogP contribution in [0.5, 0.6) is 5.75 Å². The molecular weight excluding hydrogens is 330 g/mol. The van der Waals surface area contributed by atoms with E-state index in [0.717, 1.165) is 44.0 Å². The van der Waals surface area contributed by atoms with Gasteiger partial charge in [0, 0.05) is 32.7 Å². The standard InChI is InChI=1S/C20H29N3O3/c1-3-22-12-14-23(15-13-22)19(25)20(9-10-20)18(24)21-11-8-16-6-4-5-7-17(16)26-2/h4-7H,3,8-15H2,1-2H3,(H,21,24). The fourth-order valence-corrected chi connectivity index (χ4v) is 3.62. The quantitative estimate of drug-likeness (QED) is 0.746. The highest BCUT2D eigenvalue weighted by atomic mass is 16.5. The van der Waals surface area contributed by atoms with Crippen LogP contribution in [0.25, 0.3) is 0 Å². The molecule has 0 unspecified atom stereocenters. The summed E-state index contributed by atoms with van der Waals surface area (Å²) >= 11 is 0. The SMILES string of the molecule is CCN1CCN(C(=O)C2(C(=O)NCCc3ccccc3OC)CC2)CC1. The van der Waals surface area contributed by atoms with Crippen LogP contribution in [-0.2, 0) is 16.0 Å². The van der Waals surface area contributed by atoms with Crippen molar-refractivity contribution in [1.82, 2.24) is 15.1 Å². The van der Waals surface area contributed by atoms with Gasteiger partial charge in [0.25, 0.3) is 0 Å². The summed E-state index contributed by atoms with van der Waals surface area (Å²) in [7, 11) is 1.65. The van der Waals surface area contributed by atoms with Gasteiger partial charge in [-0.15, -0.1) is 0 Å². The third kappa shape index (κ3) is 3.85. The summed E-state index contributed by atoms with van der Waals surface area (Å²) in [5.74, 6) is 0.728. The smallest absolute Gasteiger partial charge is 0.238 e. The molecule has 1 saturated carbocycles. The Kier molecular flexibility index (Phi) is 5.81. The normalized spacial score (nSPS) is 19.1. The van der Waals surface area contributed by atoms with Crippen LogP contribution in [0, 0.1) is 5.41 Å². The van der Waals surface area contributed by atoms with Crippen LogP contribution < -0.4 is 10.1 Å². The van der Waals surface area contributed by atoms with Crippen molar-refractivity contribution in [3.63, 3.8) is 0 Å². The number of carbonyl (C=O) groups is 2. The van der Waals surface area contributed by atoms with Gasteiger partial charge in [0.2, 0.25) is 11.8 Å². The first kappa shape index (κ1) is 18.7. The summed E-state index contributed by atoms with van der Waals surface area (Å²) in [6.07, 6.45) is 2.02. The van der Waals surface area contributed by atoms with Gasteiger partial charge in [0.05, 0.1) is 7.11 Å². The summed E-state index contributed by atoms with van der Waals surface area (Å²) in [5, 5.41) is 2.97. The largest absolute Gasteiger partial charge is 0.496 e. The molecule has 1 heterocycles. The minimum atomic E-state index is -0.810. The maximum atomic E-state index is 12.9. The molecule has 1 N–H and O–H groups in total. The number of likely N-dealkylation sites (N-methyl/N-ethyl adjacent to an activating group) is 1. The summed E-state index contributed by atoms with van der Waals surface area (Å²) < 4.78 is 5.34. The number of ether oxygens (including phenoxy) is 1. The van der Waals surface area contributed by atoms with Crippen LogP contribution in [-0.4, -0.2) is 68.0 Å². The molecule has 0 spiro atoms. The van der Waals surface area contributed by atoms with Crippen LogP contribution >= 0.6 is 0 Å². The first-order valence-corrected chi connectivity index (χ1v) is 9.52. The summed E-state index contributed by atoms with van der Waals surface area (Å²) in [6.45, 7) is 6.90. The molecule has 0 aromatic heterocycles. The zero-order chi connectivity index (χ0) is 18.6. The molecule has 3 rings (SSSR count). The van der Waals surface area contributed by atoms with Crippen molar-refractivity contribution in [2.24, 2.45) is 5.41 Å². The van der Waals surface area contributed by atoms with Crippen LogP contribution in [0.15, 0.2) is 24.3 Å². The predicted octanol–water partition coefficient (Wildman–Crippen LogP) is 1.30. The van der Waals surface area contributed by atoms with E-state index >= 15 is 0 Å². The third-order valence-electron chi connectivity index (χ3n) is 5.57. The van der Waals surface area contributed by atoms with Gasteiger partial charge in [-0.1, -0.05) is 25.1 Å². The fourth-order valence-electron chi connectivity index (χ4n) is 3.62. The number of amides is 2. The monoisotopic (exact) mass is 359 g/mol. The molecule has 2 amide bonds. The Morgan fingerprint density at radius 1 is 1.15 bits per heavy atom. The second-order valence-corrected chi connectivity index (χ2v) is 7.13. The zero-order valence-corrected chi connectivity index (χ0v) is 15.8. The highest BCUT2D eigenvalue weighted by molar-refractivity contribution is 6.07. The van der Waals surface area contributed by atoms with Gasteiger partial charge >= 0.3 is 0 Å². The number of rotatable bonds is 7. The van der Waals surface area contributed by atoms with E-state index in [1.807, 2.05) is 29.2 Å². The van der Waals surface area contributed by atoms with E-state index in [9.17, 15) is 9.59 Å². The van der Waals surface area contributed by atoms with Crippen molar-refractivity contribution in [1.29, 1.82) is 0 Å². The van der Waals surface area contributed by atoms with Crippen LogP contribution in [0.1, 0.15) is 25.3 Å². The molecule has 0 radical (unpaired) electrons. The Labute approximate surface area is 155 Å². The van der Waals surface area contributed by atoms with Gasteiger partial charge in [0.1, 0.15) is 11.2 Å². The minimum Gasteiger partial charge on any atom is -0.496 e. The molecule has 1 aromatic rings. The Morgan fingerprint density at radius 2 is 1.85 bits per heavy atom. The zero-order valence-electron chi connectivity index (χ0n) is 15.8. The minimum absolute atomic E-state index is 0.0167. The highest BCUT2D eigenvalue weighted by Gasteiger charge is 2.57. The van der Waals surface area contributed by atoms with Gasteiger partial charge in [-0.05, 0) is 37.4 Å². The summed E-state index contributed by atoms with van der Waals surface area (Å²) in [4.78, 5) is 29.8. The molecule has 6 heteroatoms. The van der Waals surface area contributed by atoms with Gasteiger partial charge in [-0.3, -0.25) is 9.59 Å². The molecule has 1 aromatic carbocycles. The van der Waals surface area contributed by atoms with E-state index in [4.69, 9.17) is 4.74 Å². The molecule has 1 aliphatic heterocycles. The number of nitrogens with zero attached hydrogens (tertiary/aromatic N) is 2. The Hall–Kier alpha value is -2.08. The number of piperazine rings is 1. The number of para-hydroxylation sites is 1. The van der Waals surface area contributed by atoms with Crippen molar-refractivity contribution in [2.45, 2.75) is 26.2 Å². The lowest BCUT2D eigenvalue weighted by Crippen LogP contribution is -2.53. The van der Waals surface area contributed by atoms with E-state index in [0.29, 0.717) is 25.8 Å². The van der Waals surface area contributed by atoms with Crippen LogP contribution in [0.2, 0.25) is 0 Å². The van der Waals surface area contributed by atoms with E-state index < -0.39 is 5.41 Å². The highest BCUT2D eigenvalue weighted by Crippen LogP contribution is 2.47. The maximum absolute atomic E-state index is 12.9. The number of benzene rings is 1. The van der Waals surface area contributed by atoms with Crippen molar-refractivity contribution in [2.75, 3.05) is 46.4 Å². The fraction of sp³-hybridized carbons (Fsp3) is 0.600. The molecule has 2 fully saturated rings. The lowest BCUT2D eigenvalue weighted by molar-refractivity contribution is -0.145. The topological polar surface area (TPSA) is 61.9 Å². The van der Waals surface area contributed by atoms with Crippen molar-refractivity contribution < 1.29 is 14.3 Å². The maximum Gasteiger partial charge on any atom is 0.238 e. The molecule has 2 aliphatic rings. The number of carbonyl (C=O) groups excluding carboxylic acids is 2. The predicted molar refractivity (Wildman–Crippen MR) is 100 cm³/mol. The molecule has 1 saturated heterocycles. The van der Waals surface area contributed by atoms with Gasteiger partial charge in [-0.25, -0.2) is 0 Å². The summed E-state index contributed by atoms with van der Waals surface area (Å²) in [5.41, 5.74) is 0.247. The molecule has 0 atom stereocenters. The molecule has 142 valence electrons. The van der Waals surface area contributed by atoms with Gasteiger partial charge < -0.3 is 19.9 Å². The lowest BCUT2D eigenvalue weighted by atomic mass is 10.0. The van der Waals surface area contributed by atoms with Crippen LogP contribution in [0.4, 0.5) is 0 Å². The van der Waals surface area contributed by atoms with E-state index in [1.165, 1.54) is 0 Å². The molecule has 1 aliphatic carbocycles. The van der Waals surface area contributed by atoms with E-state index in [-0.39, 0.29) is 11.8 Å². The first-order valence-electron chi connectivity index (χ1n) is 9.52.